The monoisotopic (exact) mass is 400 g/mol. The van der Waals surface area contributed by atoms with Gasteiger partial charge < -0.3 is 9.64 Å². The number of halogens is 2. The number of hydrogen-bond donors (Lipinski definition) is 0. The quantitative estimate of drug-likeness (QED) is 0.735. The van der Waals surface area contributed by atoms with E-state index in [4.69, 9.17) is 4.74 Å². The van der Waals surface area contributed by atoms with Gasteiger partial charge in [0, 0.05) is 26.2 Å². The third-order valence-corrected chi connectivity index (χ3v) is 5.55. The van der Waals surface area contributed by atoms with Gasteiger partial charge >= 0.3 is 0 Å². The summed E-state index contributed by atoms with van der Waals surface area (Å²) in [6, 6.07) is 6.57. The van der Waals surface area contributed by atoms with E-state index >= 15 is 0 Å². The van der Waals surface area contributed by atoms with E-state index in [1.165, 1.54) is 55.7 Å². The van der Waals surface area contributed by atoms with Gasteiger partial charge in [0.25, 0.3) is 0 Å². The van der Waals surface area contributed by atoms with E-state index in [1.54, 1.807) is 0 Å². The Morgan fingerprint density at radius 3 is 2.04 bits per heavy atom. The van der Waals surface area contributed by atoms with E-state index in [2.05, 4.69) is 54.0 Å². The van der Waals surface area contributed by atoms with Crippen LogP contribution in [0.2, 0.25) is 0 Å². The largest absolute Gasteiger partial charge is 0.379 e. The first-order chi connectivity index (χ1) is 11.7. The molecule has 2 aliphatic heterocycles. The topological polar surface area (TPSA) is 15.7 Å². The minimum atomic E-state index is 0. The highest BCUT2D eigenvalue weighted by atomic mass is 35.5. The van der Waals surface area contributed by atoms with E-state index in [9.17, 15) is 0 Å². The summed E-state index contributed by atoms with van der Waals surface area (Å²) < 4.78 is 5.42. The van der Waals surface area contributed by atoms with Gasteiger partial charge in [0.15, 0.2) is 0 Å². The van der Waals surface area contributed by atoms with Crippen LogP contribution in [0.25, 0.3) is 6.08 Å². The Hall–Kier alpha value is -0.580. The van der Waals surface area contributed by atoms with E-state index in [-0.39, 0.29) is 24.8 Å². The number of ether oxygens (including phenoxy) is 1. The maximum atomic E-state index is 5.42. The predicted octanol–water partition coefficient (Wildman–Crippen LogP) is 4.20. The maximum Gasteiger partial charge on any atom is 0.0594 e. The molecule has 0 saturated carbocycles. The lowest BCUT2D eigenvalue weighted by Crippen LogP contribution is -2.43. The minimum absolute atomic E-state index is 0. The first kappa shape index (κ1) is 23.5. The van der Waals surface area contributed by atoms with Gasteiger partial charge in [0.2, 0.25) is 0 Å². The molecule has 0 unspecified atom stereocenters. The summed E-state index contributed by atoms with van der Waals surface area (Å²) in [5.41, 5.74) is 4.18. The van der Waals surface area contributed by atoms with Gasteiger partial charge in [-0.05, 0) is 62.4 Å². The molecule has 3 nitrogen and oxygen atoms in total. The number of aryl methyl sites for hydroxylation is 2. The Balaban J connectivity index is 0.00000169. The number of allylic oxidation sites excluding steroid dienone is 1. The van der Waals surface area contributed by atoms with Crippen LogP contribution in [0.4, 0.5) is 0 Å². The second-order valence-corrected chi connectivity index (χ2v) is 7.30. The SMILES string of the molecule is Cc1cccc(C)c1/C=C/C1CCN(CCN2CCOCC2)CC1.Cl.Cl. The molecular formula is C21H34Cl2N2O. The number of nitrogens with zero attached hydrogens (tertiary/aromatic N) is 2. The van der Waals surface area contributed by atoms with Crippen molar-refractivity contribution in [2.24, 2.45) is 5.92 Å². The van der Waals surface area contributed by atoms with E-state index in [0.717, 1.165) is 32.2 Å². The third kappa shape index (κ3) is 6.86. The van der Waals surface area contributed by atoms with Crippen molar-refractivity contribution in [2.75, 3.05) is 52.5 Å². The fourth-order valence-electron chi connectivity index (χ4n) is 3.80. The van der Waals surface area contributed by atoms with Crippen LogP contribution < -0.4 is 0 Å². The average molecular weight is 401 g/mol. The molecule has 26 heavy (non-hydrogen) atoms. The fraction of sp³-hybridized carbons (Fsp3) is 0.619. The van der Waals surface area contributed by atoms with Gasteiger partial charge in [-0.25, -0.2) is 0 Å². The van der Waals surface area contributed by atoms with Gasteiger partial charge in [-0.1, -0.05) is 30.4 Å². The number of morpholine rings is 1. The number of hydrogen-bond acceptors (Lipinski definition) is 3. The van der Waals surface area contributed by atoms with Crippen LogP contribution in [-0.4, -0.2) is 62.3 Å². The van der Waals surface area contributed by atoms with Crippen molar-refractivity contribution in [3.63, 3.8) is 0 Å². The molecule has 0 spiro atoms. The second-order valence-electron chi connectivity index (χ2n) is 7.30. The summed E-state index contributed by atoms with van der Waals surface area (Å²) in [5.74, 6) is 0.739. The molecule has 0 aromatic heterocycles. The fourth-order valence-corrected chi connectivity index (χ4v) is 3.80. The smallest absolute Gasteiger partial charge is 0.0594 e. The van der Waals surface area contributed by atoms with Gasteiger partial charge in [-0.3, -0.25) is 4.90 Å². The molecule has 0 N–H and O–H groups in total. The lowest BCUT2D eigenvalue weighted by atomic mass is 9.94. The number of benzene rings is 1. The Kier molecular flexibility index (Phi) is 10.8. The van der Waals surface area contributed by atoms with Gasteiger partial charge in [-0.15, -0.1) is 24.8 Å². The molecule has 3 rings (SSSR count). The Bertz CT molecular complexity index is 531. The summed E-state index contributed by atoms with van der Waals surface area (Å²) >= 11 is 0. The van der Waals surface area contributed by atoms with Crippen LogP contribution >= 0.6 is 24.8 Å². The highest BCUT2D eigenvalue weighted by Gasteiger charge is 2.18. The van der Waals surface area contributed by atoms with E-state index < -0.39 is 0 Å². The lowest BCUT2D eigenvalue weighted by molar-refractivity contribution is 0.0318. The molecule has 0 aliphatic carbocycles. The minimum Gasteiger partial charge on any atom is -0.379 e. The van der Waals surface area contributed by atoms with Crippen molar-refractivity contribution < 1.29 is 4.74 Å². The first-order valence-corrected chi connectivity index (χ1v) is 9.49. The first-order valence-electron chi connectivity index (χ1n) is 9.49. The van der Waals surface area contributed by atoms with Crippen LogP contribution in [0.1, 0.15) is 29.5 Å². The molecule has 148 valence electrons. The van der Waals surface area contributed by atoms with Crippen molar-refractivity contribution in [1.29, 1.82) is 0 Å². The number of piperidine rings is 1. The standard InChI is InChI=1S/C21H32N2O.2ClH/c1-18-4-3-5-19(2)21(18)7-6-20-8-10-22(11-9-20)12-13-23-14-16-24-17-15-23;;/h3-7,20H,8-17H2,1-2H3;2*1H/b7-6+;;. The molecule has 2 fully saturated rings. The number of likely N-dealkylation sites (tertiary alicyclic amines) is 1. The zero-order valence-electron chi connectivity index (χ0n) is 16.2. The highest BCUT2D eigenvalue weighted by molar-refractivity contribution is 5.85. The normalized spacial score (nSPS) is 19.9. The predicted molar refractivity (Wildman–Crippen MR) is 116 cm³/mol. The number of rotatable bonds is 5. The molecule has 2 heterocycles. The molecular weight excluding hydrogens is 367 g/mol. The molecule has 0 atom stereocenters. The molecule has 0 radical (unpaired) electrons. The average Bonchev–Trinajstić information content (AvgIpc) is 2.61. The Morgan fingerprint density at radius 1 is 0.923 bits per heavy atom. The van der Waals surface area contributed by atoms with Gasteiger partial charge in [-0.2, -0.15) is 0 Å². The summed E-state index contributed by atoms with van der Waals surface area (Å²) in [6.07, 6.45) is 7.41. The molecule has 0 bridgehead atoms. The van der Waals surface area contributed by atoms with Crippen molar-refractivity contribution >= 4 is 30.9 Å². The van der Waals surface area contributed by atoms with Crippen molar-refractivity contribution in [1.82, 2.24) is 9.80 Å². The zero-order valence-corrected chi connectivity index (χ0v) is 17.8. The third-order valence-electron chi connectivity index (χ3n) is 5.55. The van der Waals surface area contributed by atoms with Crippen LogP contribution in [0.3, 0.4) is 0 Å². The maximum absolute atomic E-state index is 5.42. The second kappa shape index (κ2) is 12.0. The van der Waals surface area contributed by atoms with E-state index in [0.29, 0.717) is 0 Å². The molecule has 2 saturated heterocycles. The van der Waals surface area contributed by atoms with Gasteiger partial charge in [0.05, 0.1) is 13.2 Å². The summed E-state index contributed by atoms with van der Waals surface area (Å²) in [7, 11) is 0. The summed E-state index contributed by atoms with van der Waals surface area (Å²) in [5, 5.41) is 0. The molecule has 1 aromatic rings. The van der Waals surface area contributed by atoms with Crippen LogP contribution in [0.5, 0.6) is 0 Å². The molecule has 2 aliphatic rings. The molecule has 0 amide bonds. The Labute approximate surface area is 171 Å². The summed E-state index contributed by atoms with van der Waals surface area (Å²) in [4.78, 5) is 5.18. The molecule has 1 aromatic carbocycles. The van der Waals surface area contributed by atoms with Crippen molar-refractivity contribution in [2.45, 2.75) is 26.7 Å². The van der Waals surface area contributed by atoms with Gasteiger partial charge in [0.1, 0.15) is 0 Å². The van der Waals surface area contributed by atoms with E-state index in [1.807, 2.05) is 0 Å². The zero-order chi connectivity index (χ0) is 16.8. The highest BCUT2D eigenvalue weighted by Crippen LogP contribution is 2.22. The van der Waals surface area contributed by atoms with Crippen LogP contribution in [-0.2, 0) is 4.74 Å². The lowest BCUT2D eigenvalue weighted by Gasteiger charge is -2.33. The van der Waals surface area contributed by atoms with Crippen LogP contribution in [0.15, 0.2) is 24.3 Å². The van der Waals surface area contributed by atoms with Crippen molar-refractivity contribution in [3.05, 3.63) is 41.0 Å². The summed E-state index contributed by atoms with van der Waals surface area (Å²) in [6.45, 7) is 13.3. The molecule has 5 heteroatoms. The van der Waals surface area contributed by atoms with Crippen molar-refractivity contribution in [3.8, 4) is 0 Å². The van der Waals surface area contributed by atoms with Crippen LogP contribution in [0, 0.1) is 19.8 Å². The Morgan fingerprint density at radius 2 is 1.46 bits per heavy atom.